The second-order valence-corrected chi connectivity index (χ2v) is 8.85. The topological polar surface area (TPSA) is 122 Å². The Hall–Kier alpha value is -3.49. The van der Waals surface area contributed by atoms with E-state index in [2.05, 4.69) is 15.6 Å². The molecule has 1 unspecified atom stereocenters. The van der Waals surface area contributed by atoms with E-state index in [0.717, 1.165) is 11.1 Å². The molecule has 0 spiro atoms. The summed E-state index contributed by atoms with van der Waals surface area (Å²) in [5, 5.41) is 5.04. The Labute approximate surface area is 179 Å². The van der Waals surface area contributed by atoms with Crippen LogP contribution in [0.1, 0.15) is 71.5 Å². The largest absolute Gasteiger partial charge is 0.437 e. The van der Waals surface area contributed by atoms with Crippen LogP contribution < -0.4 is 10.6 Å². The first-order valence-corrected chi connectivity index (χ1v) is 10.1. The summed E-state index contributed by atoms with van der Waals surface area (Å²) >= 11 is 0. The number of hydrogen-bond donors (Lipinski definition) is 2. The molecule has 4 rings (SSSR count). The molecule has 0 aliphatic carbocycles. The highest BCUT2D eigenvalue weighted by Crippen LogP contribution is 2.28. The lowest BCUT2D eigenvalue weighted by molar-refractivity contribution is -0.136. The van der Waals surface area contributed by atoms with Gasteiger partial charge in [-0.25, -0.2) is 4.98 Å². The molecule has 4 amide bonds. The fourth-order valence-corrected chi connectivity index (χ4v) is 3.70. The van der Waals surface area contributed by atoms with Gasteiger partial charge in [-0.3, -0.25) is 24.5 Å². The Morgan fingerprint density at radius 3 is 2.74 bits per heavy atom. The van der Waals surface area contributed by atoms with Crippen molar-refractivity contribution in [3.8, 4) is 0 Å². The van der Waals surface area contributed by atoms with Crippen LogP contribution in [0.4, 0.5) is 0 Å². The number of rotatable bonds is 4. The van der Waals surface area contributed by atoms with Gasteiger partial charge in [0.15, 0.2) is 0 Å². The van der Waals surface area contributed by atoms with Crippen LogP contribution in [0.5, 0.6) is 0 Å². The molecule has 162 valence electrons. The van der Waals surface area contributed by atoms with E-state index in [4.69, 9.17) is 4.42 Å². The maximum absolute atomic E-state index is 12.9. The van der Waals surface area contributed by atoms with Gasteiger partial charge in [0.25, 0.3) is 11.8 Å². The Balaban J connectivity index is 1.42. The van der Waals surface area contributed by atoms with Crippen molar-refractivity contribution in [2.24, 2.45) is 0 Å². The molecular formula is C22H24N4O5. The smallest absolute Gasteiger partial charge is 0.307 e. The van der Waals surface area contributed by atoms with Crippen molar-refractivity contribution in [1.82, 2.24) is 20.5 Å². The molecule has 31 heavy (non-hydrogen) atoms. The highest BCUT2D eigenvalue weighted by atomic mass is 16.4. The molecule has 3 heterocycles. The van der Waals surface area contributed by atoms with Gasteiger partial charge in [-0.2, -0.15) is 0 Å². The first-order valence-electron chi connectivity index (χ1n) is 10.1. The van der Waals surface area contributed by atoms with Gasteiger partial charge in [-0.05, 0) is 23.6 Å². The van der Waals surface area contributed by atoms with Crippen molar-refractivity contribution in [3.63, 3.8) is 0 Å². The van der Waals surface area contributed by atoms with Crippen LogP contribution in [0, 0.1) is 0 Å². The predicted octanol–water partition coefficient (Wildman–Crippen LogP) is 1.66. The zero-order valence-corrected chi connectivity index (χ0v) is 17.7. The molecule has 9 nitrogen and oxygen atoms in total. The number of imide groups is 1. The van der Waals surface area contributed by atoms with E-state index < -0.39 is 17.9 Å². The third kappa shape index (κ3) is 4.08. The standard InChI is InChI=1S/C22H24N4O5/c1-22(2,3)16-10-24-20(31-16)19(29)23-9-12-4-5-13-11-26(21(30)14(13)8-12)15-6-7-17(27)25-18(15)28/h4-5,8,10,15H,6-7,9,11H2,1-3H3,(H,23,29)(H,25,27,28). The van der Waals surface area contributed by atoms with Crippen LogP contribution in [0.25, 0.3) is 0 Å². The molecule has 1 saturated heterocycles. The third-order valence-corrected chi connectivity index (χ3v) is 5.48. The Bertz CT molecular complexity index is 1080. The molecule has 9 heteroatoms. The summed E-state index contributed by atoms with van der Waals surface area (Å²) in [6, 6.07) is 4.72. The first-order chi connectivity index (χ1) is 14.6. The number of hydrogen-bond acceptors (Lipinski definition) is 6. The van der Waals surface area contributed by atoms with Crippen molar-refractivity contribution in [1.29, 1.82) is 0 Å². The maximum Gasteiger partial charge on any atom is 0.307 e. The summed E-state index contributed by atoms with van der Waals surface area (Å²) in [4.78, 5) is 54.3. The van der Waals surface area contributed by atoms with Crippen LogP contribution in [0.15, 0.2) is 28.8 Å². The van der Waals surface area contributed by atoms with E-state index in [0.29, 0.717) is 24.3 Å². The van der Waals surface area contributed by atoms with Gasteiger partial charge in [-0.15, -0.1) is 0 Å². The van der Waals surface area contributed by atoms with Gasteiger partial charge in [0, 0.05) is 30.5 Å². The number of benzene rings is 1. The SMILES string of the molecule is CC(C)(C)c1cnc(C(=O)NCc2ccc3c(c2)C(=O)N(C2CCC(=O)NC2=O)C3)o1. The predicted molar refractivity (Wildman–Crippen MR) is 109 cm³/mol. The van der Waals surface area contributed by atoms with Crippen molar-refractivity contribution in [2.45, 2.75) is 58.2 Å². The van der Waals surface area contributed by atoms with Crippen LogP contribution in [0.3, 0.4) is 0 Å². The highest BCUT2D eigenvalue weighted by molar-refractivity contribution is 6.05. The van der Waals surface area contributed by atoms with E-state index in [-0.39, 0.29) is 36.1 Å². The Morgan fingerprint density at radius 1 is 1.29 bits per heavy atom. The summed E-state index contributed by atoms with van der Waals surface area (Å²) < 4.78 is 5.54. The summed E-state index contributed by atoms with van der Waals surface area (Å²) in [6.07, 6.45) is 2.08. The minimum atomic E-state index is -0.650. The number of amides is 4. The maximum atomic E-state index is 12.9. The molecule has 0 saturated carbocycles. The van der Waals surface area contributed by atoms with Crippen molar-refractivity contribution < 1.29 is 23.6 Å². The quantitative estimate of drug-likeness (QED) is 0.720. The number of piperidine rings is 1. The number of carbonyl (C=O) groups is 4. The normalized spacial score (nSPS) is 18.7. The Kier molecular flexibility index (Phi) is 5.12. The molecule has 1 fully saturated rings. The van der Waals surface area contributed by atoms with Gasteiger partial charge >= 0.3 is 5.91 Å². The first kappa shape index (κ1) is 20.8. The fourth-order valence-electron chi connectivity index (χ4n) is 3.70. The van der Waals surface area contributed by atoms with E-state index in [9.17, 15) is 19.2 Å². The highest BCUT2D eigenvalue weighted by Gasteiger charge is 2.39. The second-order valence-electron chi connectivity index (χ2n) is 8.85. The summed E-state index contributed by atoms with van der Waals surface area (Å²) in [5.41, 5.74) is 1.81. The summed E-state index contributed by atoms with van der Waals surface area (Å²) in [6.45, 7) is 6.42. The van der Waals surface area contributed by atoms with Gasteiger partial charge < -0.3 is 14.6 Å². The average molecular weight is 424 g/mol. The summed E-state index contributed by atoms with van der Waals surface area (Å²) in [5.74, 6) is -0.831. The van der Waals surface area contributed by atoms with Crippen LogP contribution in [-0.4, -0.2) is 39.6 Å². The summed E-state index contributed by atoms with van der Waals surface area (Å²) in [7, 11) is 0. The molecule has 2 N–H and O–H groups in total. The zero-order chi connectivity index (χ0) is 22.3. The lowest BCUT2D eigenvalue weighted by Gasteiger charge is -2.29. The van der Waals surface area contributed by atoms with E-state index in [1.54, 1.807) is 12.3 Å². The molecule has 0 radical (unpaired) electrons. The molecule has 2 aliphatic rings. The van der Waals surface area contributed by atoms with Crippen LogP contribution >= 0.6 is 0 Å². The fraction of sp³-hybridized carbons (Fsp3) is 0.409. The third-order valence-electron chi connectivity index (χ3n) is 5.48. The minimum absolute atomic E-state index is 0.00815. The molecule has 2 aliphatic heterocycles. The molecule has 2 aromatic rings. The van der Waals surface area contributed by atoms with Crippen LogP contribution in [0.2, 0.25) is 0 Å². The van der Waals surface area contributed by atoms with Gasteiger partial charge in [0.05, 0.1) is 6.20 Å². The van der Waals surface area contributed by atoms with E-state index >= 15 is 0 Å². The lowest BCUT2D eigenvalue weighted by Crippen LogP contribution is -2.52. The molecule has 1 atom stereocenters. The van der Waals surface area contributed by atoms with Crippen molar-refractivity contribution in [2.75, 3.05) is 0 Å². The van der Waals surface area contributed by atoms with Crippen LogP contribution in [-0.2, 0) is 28.1 Å². The number of aromatic nitrogens is 1. The number of oxazole rings is 1. The monoisotopic (exact) mass is 424 g/mol. The second kappa shape index (κ2) is 7.64. The number of nitrogens with one attached hydrogen (secondary N) is 2. The number of fused-ring (bicyclic) bond motifs is 1. The molecule has 1 aromatic carbocycles. The van der Waals surface area contributed by atoms with Gasteiger partial charge in [-0.1, -0.05) is 32.9 Å². The van der Waals surface area contributed by atoms with E-state index in [1.165, 1.54) is 4.90 Å². The minimum Gasteiger partial charge on any atom is -0.437 e. The zero-order valence-electron chi connectivity index (χ0n) is 17.7. The molecule has 0 bridgehead atoms. The average Bonchev–Trinajstić information content (AvgIpc) is 3.32. The number of carbonyl (C=O) groups excluding carboxylic acids is 4. The van der Waals surface area contributed by atoms with E-state index in [1.807, 2.05) is 32.9 Å². The van der Waals surface area contributed by atoms with Crippen molar-refractivity contribution >= 4 is 23.6 Å². The Morgan fingerprint density at radius 2 is 2.06 bits per heavy atom. The van der Waals surface area contributed by atoms with Crippen molar-refractivity contribution in [3.05, 3.63) is 52.7 Å². The number of nitrogens with zero attached hydrogens (tertiary/aromatic N) is 2. The lowest BCUT2D eigenvalue weighted by atomic mass is 9.94. The molecular weight excluding hydrogens is 400 g/mol. The molecule has 1 aromatic heterocycles. The van der Waals surface area contributed by atoms with Gasteiger partial charge in [0.1, 0.15) is 11.8 Å². The van der Waals surface area contributed by atoms with Gasteiger partial charge in [0.2, 0.25) is 11.8 Å².